The summed E-state index contributed by atoms with van der Waals surface area (Å²) in [5, 5.41) is 13.4. The van der Waals surface area contributed by atoms with E-state index in [1.807, 2.05) is 0 Å². The van der Waals surface area contributed by atoms with Crippen LogP contribution in [0, 0.1) is 5.92 Å². The molecule has 2 aromatic rings. The topological polar surface area (TPSA) is 52.6 Å². The van der Waals surface area contributed by atoms with E-state index in [1.54, 1.807) is 7.05 Å². The molecule has 2 aliphatic rings. The number of fused-ring (bicyclic) bond motifs is 1. The molecule has 0 bridgehead atoms. The Bertz CT molecular complexity index is 855. The summed E-state index contributed by atoms with van der Waals surface area (Å²) in [5.74, 6) is 0.569. The summed E-state index contributed by atoms with van der Waals surface area (Å²) >= 11 is 0. The second kappa shape index (κ2) is 11.8. The van der Waals surface area contributed by atoms with E-state index in [-0.39, 0.29) is 6.04 Å². The van der Waals surface area contributed by atoms with Crippen LogP contribution in [0.25, 0.3) is 0 Å². The van der Waals surface area contributed by atoms with Gasteiger partial charge in [0.05, 0.1) is 11.7 Å². The van der Waals surface area contributed by atoms with Crippen LogP contribution in [0.2, 0.25) is 0 Å². The van der Waals surface area contributed by atoms with Crippen LogP contribution >= 0.6 is 0 Å². The Balaban J connectivity index is 0.000000215. The van der Waals surface area contributed by atoms with Gasteiger partial charge in [0, 0.05) is 19.0 Å². The average Bonchev–Trinajstić information content (AvgIpc) is 3.46. The molecule has 2 atom stereocenters. The van der Waals surface area contributed by atoms with E-state index in [2.05, 4.69) is 34.5 Å². The van der Waals surface area contributed by atoms with E-state index >= 15 is 0 Å². The number of hydrogen-bond donors (Lipinski definition) is 2. The Hall–Kier alpha value is -2.22. The van der Waals surface area contributed by atoms with Crippen LogP contribution in [-0.4, -0.2) is 49.0 Å². The predicted octanol–water partition coefficient (Wildman–Crippen LogP) is 4.41. The maximum atomic E-state index is 12.5. The standard InChI is InChI=1S/C15H21F3N2O.C11H12O/c1-19-13(10-20-8-2-3-9-20)14(21)11-4-6-12(7-5-11)15(16,17)18;12-6-5-9-7-10-3-1-2-4-11(10)8-9/h4-7,13-14,19,21H,2-3,8-10H2,1H3;1-4,6,9H,5,7-8H2. The van der Waals surface area contributed by atoms with Crippen LogP contribution in [0.4, 0.5) is 13.2 Å². The number of benzene rings is 2. The zero-order chi connectivity index (χ0) is 23.8. The summed E-state index contributed by atoms with van der Waals surface area (Å²) in [5.41, 5.74) is 2.68. The van der Waals surface area contributed by atoms with Gasteiger partial charge in [-0.05, 0) is 80.6 Å². The third-order valence-corrected chi connectivity index (χ3v) is 6.55. The van der Waals surface area contributed by atoms with Crippen molar-refractivity contribution in [1.29, 1.82) is 0 Å². The zero-order valence-electron chi connectivity index (χ0n) is 19.0. The van der Waals surface area contributed by atoms with Crippen LogP contribution in [0.3, 0.4) is 0 Å². The molecule has 0 radical (unpaired) electrons. The molecule has 180 valence electrons. The summed E-state index contributed by atoms with van der Waals surface area (Å²) in [6, 6.07) is 13.0. The molecule has 2 unspecified atom stereocenters. The second-order valence-electron chi connectivity index (χ2n) is 8.91. The first-order valence-corrected chi connectivity index (χ1v) is 11.6. The summed E-state index contributed by atoms with van der Waals surface area (Å²) in [4.78, 5) is 12.6. The lowest BCUT2D eigenvalue weighted by molar-refractivity contribution is -0.137. The number of carbonyl (C=O) groups excluding carboxylic acids is 1. The molecular weight excluding hydrogens is 429 g/mol. The Morgan fingerprint density at radius 2 is 1.64 bits per heavy atom. The van der Waals surface area contributed by atoms with Crippen LogP contribution in [0.15, 0.2) is 48.5 Å². The number of aliphatic hydroxyl groups is 1. The molecular formula is C26H33F3N2O2. The van der Waals surface area contributed by atoms with Crippen LogP contribution < -0.4 is 5.32 Å². The molecule has 2 aromatic carbocycles. The van der Waals surface area contributed by atoms with Crippen molar-refractivity contribution in [1.82, 2.24) is 10.2 Å². The number of likely N-dealkylation sites (tertiary alicyclic amines) is 1. The lowest BCUT2D eigenvalue weighted by Gasteiger charge is -2.27. The van der Waals surface area contributed by atoms with Crippen molar-refractivity contribution >= 4 is 6.29 Å². The van der Waals surface area contributed by atoms with Gasteiger partial charge < -0.3 is 20.1 Å². The highest BCUT2D eigenvalue weighted by atomic mass is 19.4. The van der Waals surface area contributed by atoms with Crippen molar-refractivity contribution < 1.29 is 23.1 Å². The molecule has 0 saturated carbocycles. The number of nitrogens with zero attached hydrogens (tertiary/aromatic N) is 1. The Morgan fingerprint density at radius 3 is 2.12 bits per heavy atom. The molecule has 0 aromatic heterocycles. The van der Waals surface area contributed by atoms with Crippen molar-refractivity contribution in [3.63, 3.8) is 0 Å². The van der Waals surface area contributed by atoms with E-state index in [4.69, 9.17) is 0 Å². The molecule has 1 fully saturated rings. The highest BCUT2D eigenvalue weighted by Crippen LogP contribution is 2.30. The number of carbonyl (C=O) groups is 1. The van der Waals surface area contributed by atoms with Gasteiger partial charge in [-0.2, -0.15) is 13.2 Å². The number of aliphatic hydroxyl groups excluding tert-OH is 1. The molecule has 1 heterocycles. The minimum atomic E-state index is -4.35. The van der Waals surface area contributed by atoms with Crippen molar-refractivity contribution in [2.45, 2.75) is 50.4 Å². The highest BCUT2D eigenvalue weighted by molar-refractivity contribution is 5.51. The molecule has 4 nitrogen and oxygen atoms in total. The fourth-order valence-corrected chi connectivity index (χ4v) is 4.65. The monoisotopic (exact) mass is 462 g/mol. The third kappa shape index (κ3) is 7.13. The molecule has 1 aliphatic carbocycles. The molecule has 33 heavy (non-hydrogen) atoms. The number of hydrogen-bond acceptors (Lipinski definition) is 4. The normalized spacial score (nSPS) is 18.3. The van der Waals surface area contributed by atoms with Gasteiger partial charge in [-0.3, -0.25) is 0 Å². The first-order valence-electron chi connectivity index (χ1n) is 11.6. The Morgan fingerprint density at radius 1 is 1.06 bits per heavy atom. The number of nitrogens with one attached hydrogen (secondary N) is 1. The first-order chi connectivity index (χ1) is 15.8. The van der Waals surface area contributed by atoms with Crippen LogP contribution in [0.5, 0.6) is 0 Å². The average molecular weight is 463 g/mol. The molecule has 0 spiro atoms. The lowest BCUT2D eigenvalue weighted by atomic mass is 10.0. The molecule has 4 rings (SSSR count). The van der Waals surface area contributed by atoms with Crippen LogP contribution in [-0.2, 0) is 23.8 Å². The minimum Gasteiger partial charge on any atom is -0.387 e. The molecule has 1 aliphatic heterocycles. The maximum Gasteiger partial charge on any atom is 0.416 e. The number of likely N-dealkylation sites (N-methyl/N-ethyl adjacent to an activating group) is 1. The third-order valence-electron chi connectivity index (χ3n) is 6.55. The quantitative estimate of drug-likeness (QED) is 0.599. The van der Waals surface area contributed by atoms with Crippen molar-refractivity contribution in [3.8, 4) is 0 Å². The zero-order valence-corrected chi connectivity index (χ0v) is 19.0. The fourth-order valence-electron chi connectivity index (χ4n) is 4.65. The summed E-state index contributed by atoms with van der Waals surface area (Å²) in [6.07, 6.45) is 1.09. The Kier molecular flexibility index (Phi) is 9.06. The summed E-state index contributed by atoms with van der Waals surface area (Å²) < 4.78 is 37.6. The predicted molar refractivity (Wildman–Crippen MR) is 123 cm³/mol. The number of halogens is 3. The van der Waals surface area contributed by atoms with Gasteiger partial charge in [-0.15, -0.1) is 0 Å². The van der Waals surface area contributed by atoms with Gasteiger partial charge in [0.25, 0.3) is 0 Å². The molecule has 1 saturated heterocycles. The maximum absolute atomic E-state index is 12.5. The first kappa shape index (κ1) is 25.4. The second-order valence-corrected chi connectivity index (χ2v) is 8.91. The smallest absolute Gasteiger partial charge is 0.387 e. The van der Waals surface area contributed by atoms with Crippen molar-refractivity contribution in [2.75, 3.05) is 26.7 Å². The van der Waals surface area contributed by atoms with Crippen molar-refractivity contribution in [2.24, 2.45) is 5.92 Å². The van der Waals surface area contributed by atoms with E-state index in [1.165, 1.54) is 23.3 Å². The van der Waals surface area contributed by atoms with Gasteiger partial charge in [-0.1, -0.05) is 36.4 Å². The van der Waals surface area contributed by atoms with Gasteiger partial charge in [0.2, 0.25) is 0 Å². The number of aldehydes is 1. The van der Waals surface area contributed by atoms with Crippen molar-refractivity contribution in [3.05, 3.63) is 70.8 Å². The van der Waals surface area contributed by atoms with Gasteiger partial charge in [0.15, 0.2) is 0 Å². The summed E-state index contributed by atoms with van der Waals surface area (Å²) in [7, 11) is 1.76. The number of rotatable bonds is 7. The highest BCUT2D eigenvalue weighted by Gasteiger charge is 2.31. The van der Waals surface area contributed by atoms with E-state index in [0.29, 0.717) is 24.4 Å². The number of alkyl halides is 3. The molecule has 2 N–H and O–H groups in total. The molecule has 0 amide bonds. The van der Waals surface area contributed by atoms with E-state index in [9.17, 15) is 23.1 Å². The fraction of sp³-hybridized carbons (Fsp3) is 0.500. The van der Waals surface area contributed by atoms with E-state index in [0.717, 1.165) is 57.2 Å². The largest absolute Gasteiger partial charge is 0.416 e. The Labute approximate surface area is 193 Å². The van der Waals surface area contributed by atoms with Gasteiger partial charge in [0.1, 0.15) is 6.29 Å². The SMILES string of the molecule is CNC(CN1CCCC1)C(O)c1ccc(C(F)(F)F)cc1.O=CCC1Cc2ccccc2C1. The van der Waals surface area contributed by atoms with Gasteiger partial charge in [-0.25, -0.2) is 0 Å². The van der Waals surface area contributed by atoms with Crippen LogP contribution in [0.1, 0.15) is 47.6 Å². The van der Waals surface area contributed by atoms with E-state index < -0.39 is 17.8 Å². The lowest BCUT2D eigenvalue weighted by Crippen LogP contribution is -2.42. The minimum absolute atomic E-state index is 0.195. The van der Waals surface area contributed by atoms with Gasteiger partial charge >= 0.3 is 6.18 Å². The molecule has 7 heteroatoms. The summed E-state index contributed by atoms with van der Waals surface area (Å²) in [6.45, 7) is 2.72.